The van der Waals surface area contributed by atoms with Crippen LogP contribution in [0.25, 0.3) is 115 Å². The molecule has 0 atom stereocenters. The van der Waals surface area contributed by atoms with Crippen molar-refractivity contribution in [2.24, 2.45) is 0 Å². The van der Waals surface area contributed by atoms with Gasteiger partial charge in [-0.1, -0.05) is 182 Å². The number of hydrogen-bond acceptors (Lipinski definition) is 2. The fraction of sp³-hybridized carbons (Fsp3) is 0. The van der Waals surface area contributed by atoms with E-state index in [1.54, 1.807) is 0 Å². The lowest BCUT2D eigenvalue weighted by Gasteiger charge is -2.26. The molecule has 2 heterocycles. The molecule has 2 aromatic heterocycles. The maximum absolute atomic E-state index is 6.85. The number of para-hydroxylation sites is 3. The fourth-order valence-electron chi connectivity index (χ4n) is 10.9. The number of benzene rings is 12. The molecule has 0 saturated heterocycles. The summed E-state index contributed by atoms with van der Waals surface area (Å²) < 4.78 is 9.23. The molecule has 14 rings (SSSR count). The van der Waals surface area contributed by atoms with E-state index in [9.17, 15) is 0 Å². The summed E-state index contributed by atoms with van der Waals surface area (Å²) in [6.45, 7) is 0. The highest BCUT2D eigenvalue weighted by Gasteiger charge is 2.19. The van der Waals surface area contributed by atoms with Crippen LogP contribution >= 0.6 is 0 Å². The molecule has 0 unspecified atom stereocenters. The number of rotatable bonds is 7. The molecule has 69 heavy (non-hydrogen) atoms. The van der Waals surface area contributed by atoms with E-state index in [4.69, 9.17) is 4.42 Å². The molecule has 0 amide bonds. The van der Waals surface area contributed by atoms with Crippen molar-refractivity contribution < 1.29 is 4.42 Å². The van der Waals surface area contributed by atoms with Crippen LogP contribution in [-0.4, -0.2) is 4.57 Å². The van der Waals surface area contributed by atoms with E-state index in [0.29, 0.717) is 0 Å². The van der Waals surface area contributed by atoms with Crippen LogP contribution in [0.15, 0.2) is 259 Å². The van der Waals surface area contributed by atoms with Crippen LogP contribution in [0, 0.1) is 0 Å². The van der Waals surface area contributed by atoms with Gasteiger partial charge < -0.3 is 13.9 Å². The van der Waals surface area contributed by atoms with Gasteiger partial charge in [-0.25, -0.2) is 0 Å². The molecule has 0 aliphatic carbocycles. The third-order valence-electron chi connectivity index (χ3n) is 14.2. The predicted molar refractivity (Wildman–Crippen MR) is 292 cm³/mol. The van der Waals surface area contributed by atoms with Gasteiger partial charge in [-0.2, -0.15) is 0 Å². The zero-order valence-corrected chi connectivity index (χ0v) is 37.6. The molecule has 14 aromatic rings. The van der Waals surface area contributed by atoms with Crippen molar-refractivity contribution in [3.05, 3.63) is 255 Å². The van der Waals surface area contributed by atoms with Gasteiger partial charge in [0, 0.05) is 55.2 Å². The fourth-order valence-corrected chi connectivity index (χ4v) is 10.9. The molecule has 0 radical (unpaired) electrons. The van der Waals surface area contributed by atoms with Gasteiger partial charge in [0.2, 0.25) is 0 Å². The predicted octanol–water partition coefficient (Wildman–Crippen LogP) is 18.6. The average molecular weight is 879 g/mol. The first-order valence-corrected chi connectivity index (χ1v) is 23.7. The molecule has 3 heteroatoms. The Balaban J connectivity index is 0.891. The second-order valence-electron chi connectivity index (χ2n) is 18.0. The minimum absolute atomic E-state index is 0.895. The Bertz CT molecular complexity index is 4260. The molecule has 0 N–H and O–H groups in total. The SMILES string of the molecule is c1cc(-c2cccc3c2oc2c4ccccc4ccc32)cc(N(c2ccc(-c3cccc(-n4c5ccccc5c5ccccc54)c3)cc2)c2ccc(-c3cc4ccccc4c4ccccc34)cc2)c1. The first-order chi connectivity index (χ1) is 34.2. The zero-order chi connectivity index (χ0) is 45.4. The van der Waals surface area contributed by atoms with Gasteiger partial charge >= 0.3 is 0 Å². The molecule has 0 saturated carbocycles. The van der Waals surface area contributed by atoms with E-state index in [1.807, 2.05) is 0 Å². The number of aromatic nitrogens is 1. The Morgan fingerprint density at radius 1 is 0.275 bits per heavy atom. The lowest BCUT2D eigenvalue weighted by Crippen LogP contribution is -2.10. The third kappa shape index (κ3) is 6.36. The van der Waals surface area contributed by atoms with Crippen LogP contribution in [0.3, 0.4) is 0 Å². The minimum Gasteiger partial charge on any atom is -0.455 e. The van der Waals surface area contributed by atoms with Crippen molar-refractivity contribution >= 4 is 93.1 Å². The maximum Gasteiger partial charge on any atom is 0.143 e. The van der Waals surface area contributed by atoms with Gasteiger partial charge in [-0.3, -0.25) is 0 Å². The molecule has 3 nitrogen and oxygen atoms in total. The number of nitrogens with zero attached hydrogens (tertiary/aromatic N) is 2. The summed E-state index contributed by atoms with van der Waals surface area (Å²) in [4.78, 5) is 2.37. The number of furan rings is 1. The molecule has 0 fully saturated rings. The van der Waals surface area contributed by atoms with Gasteiger partial charge in [0.15, 0.2) is 0 Å². The molecular formula is C66H42N2O. The molecule has 0 aliphatic rings. The minimum atomic E-state index is 0.895. The molecule has 0 bridgehead atoms. The van der Waals surface area contributed by atoms with Crippen LogP contribution in [-0.2, 0) is 0 Å². The Labute approximate surface area is 399 Å². The highest BCUT2D eigenvalue weighted by molar-refractivity contribution is 6.18. The summed E-state index contributed by atoms with van der Waals surface area (Å²) in [7, 11) is 0. The first kappa shape index (κ1) is 39.0. The van der Waals surface area contributed by atoms with E-state index in [0.717, 1.165) is 72.3 Å². The smallest absolute Gasteiger partial charge is 0.143 e. The molecular weight excluding hydrogens is 837 g/mol. The molecule has 0 spiro atoms. The van der Waals surface area contributed by atoms with Gasteiger partial charge in [0.05, 0.1) is 11.0 Å². The summed E-state index contributed by atoms with van der Waals surface area (Å²) in [5, 5.41) is 12.1. The van der Waals surface area contributed by atoms with Crippen LogP contribution in [0.5, 0.6) is 0 Å². The quantitative estimate of drug-likeness (QED) is 0.149. The standard InChI is InChI=1S/C66H42N2O/c1-4-21-54-44(14-1)34-39-61-60-27-13-26-55(66(60)69-65(54)61)47-17-12-18-51(41-47)67(50-37-32-45(33-38-50)62-42-48-15-2-3-20-53(48)56-22-5-6-23-57(56)62)49-35-30-43(31-36-49)46-16-11-19-52(40-46)68-63-28-9-7-24-58(63)59-25-8-10-29-64(59)68/h1-42H. The van der Waals surface area contributed by atoms with Crippen molar-refractivity contribution in [3.63, 3.8) is 0 Å². The van der Waals surface area contributed by atoms with Gasteiger partial charge in [-0.15, -0.1) is 0 Å². The first-order valence-electron chi connectivity index (χ1n) is 23.7. The van der Waals surface area contributed by atoms with Crippen LogP contribution in [0.1, 0.15) is 0 Å². The lowest BCUT2D eigenvalue weighted by atomic mass is 9.93. The summed E-state index contributed by atoms with van der Waals surface area (Å²) in [5.41, 5.74) is 15.4. The van der Waals surface area contributed by atoms with E-state index in [2.05, 4.69) is 264 Å². The van der Waals surface area contributed by atoms with Crippen LogP contribution < -0.4 is 4.90 Å². The number of hydrogen-bond donors (Lipinski definition) is 0. The second-order valence-corrected chi connectivity index (χ2v) is 18.0. The summed E-state index contributed by atoms with van der Waals surface area (Å²) >= 11 is 0. The Hall–Kier alpha value is -9.18. The third-order valence-corrected chi connectivity index (χ3v) is 14.2. The normalized spacial score (nSPS) is 11.8. The summed E-state index contributed by atoms with van der Waals surface area (Å²) in [6.07, 6.45) is 0. The van der Waals surface area contributed by atoms with Crippen molar-refractivity contribution in [1.29, 1.82) is 0 Å². The maximum atomic E-state index is 6.85. The van der Waals surface area contributed by atoms with Crippen LogP contribution in [0.4, 0.5) is 17.1 Å². The zero-order valence-electron chi connectivity index (χ0n) is 37.6. The molecule has 0 aliphatic heterocycles. The summed E-state index contributed by atoms with van der Waals surface area (Å²) in [5.74, 6) is 0. The highest BCUT2D eigenvalue weighted by Crippen LogP contribution is 2.43. The van der Waals surface area contributed by atoms with Gasteiger partial charge in [0.1, 0.15) is 11.2 Å². The second kappa shape index (κ2) is 15.7. The van der Waals surface area contributed by atoms with E-state index in [1.165, 1.54) is 59.9 Å². The topological polar surface area (TPSA) is 21.3 Å². The van der Waals surface area contributed by atoms with E-state index < -0.39 is 0 Å². The average Bonchev–Trinajstić information content (AvgIpc) is 3.98. The van der Waals surface area contributed by atoms with Gasteiger partial charge in [0.25, 0.3) is 0 Å². The van der Waals surface area contributed by atoms with E-state index in [-0.39, 0.29) is 0 Å². The molecule has 12 aromatic carbocycles. The molecule has 322 valence electrons. The Kier molecular flexibility index (Phi) is 8.90. The van der Waals surface area contributed by atoms with Crippen molar-refractivity contribution in [3.8, 4) is 39.1 Å². The Morgan fingerprint density at radius 3 is 1.59 bits per heavy atom. The highest BCUT2D eigenvalue weighted by atomic mass is 16.3. The van der Waals surface area contributed by atoms with Crippen molar-refractivity contribution in [2.75, 3.05) is 4.90 Å². The van der Waals surface area contributed by atoms with Crippen LogP contribution in [0.2, 0.25) is 0 Å². The monoisotopic (exact) mass is 878 g/mol. The van der Waals surface area contributed by atoms with Crippen molar-refractivity contribution in [2.45, 2.75) is 0 Å². The lowest BCUT2D eigenvalue weighted by molar-refractivity contribution is 0.674. The van der Waals surface area contributed by atoms with E-state index >= 15 is 0 Å². The largest absolute Gasteiger partial charge is 0.455 e. The summed E-state index contributed by atoms with van der Waals surface area (Å²) in [6, 6.07) is 92.4. The van der Waals surface area contributed by atoms with Gasteiger partial charge in [-0.05, 0) is 128 Å². The Morgan fingerprint density at radius 2 is 0.841 bits per heavy atom. The van der Waals surface area contributed by atoms with Crippen molar-refractivity contribution in [1.82, 2.24) is 4.57 Å². The number of anilines is 3. The number of fused-ring (bicyclic) bond motifs is 11.